The van der Waals surface area contributed by atoms with Gasteiger partial charge in [-0.1, -0.05) is 42.5 Å². The predicted molar refractivity (Wildman–Crippen MR) is 85.8 cm³/mol. The molecule has 106 valence electrons. The van der Waals surface area contributed by atoms with Crippen LogP contribution in [0.1, 0.15) is 29.2 Å². The molecule has 0 bridgehead atoms. The Morgan fingerprint density at radius 3 is 2.76 bits per heavy atom. The molecule has 3 N–H and O–H groups in total. The van der Waals surface area contributed by atoms with Gasteiger partial charge in [0.15, 0.2) is 0 Å². The first kappa shape index (κ1) is 13.4. The van der Waals surface area contributed by atoms with Crippen LogP contribution in [0, 0.1) is 0 Å². The largest absolute Gasteiger partial charge is 0.378 e. The van der Waals surface area contributed by atoms with Crippen LogP contribution >= 0.6 is 0 Å². The molecule has 1 unspecified atom stereocenters. The Labute approximate surface area is 124 Å². The molecule has 1 atom stereocenters. The summed E-state index contributed by atoms with van der Waals surface area (Å²) in [6, 6.07) is 16.8. The van der Waals surface area contributed by atoms with Crippen LogP contribution in [0.4, 0.5) is 5.69 Å². The molecule has 0 fully saturated rings. The number of aryl methyl sites for hydroxylation is 1. The lowest BCUT2D eigenvalue weighted by Crippen LogP contribution is -2.18. The Kier molecular flexibility index (Phi) is 3.73. The van der Waals surface area contributed by atoms with Crippen molar-refractivity contribution in [2.24, 2.45) is 5.73 Å². The van der Waals surface area contributed by atoms with Crippen molar-refractivity contribution in [2.75, 3.05) is 5.32 Å². The minimum absolute atomic E-state index is 0.258. The molecular formula is C18H18N2O. The zero-order chi connectivity index (χ0) is 14.7. The summed E-state index contributed by atoms with van der Waals surface area (Å²) in [6.07, 6.45) is 5.30. The molecule has 1 aliphatic heterocycles. The highest BCUT2D eigenvalue weighted by atomic mass is 16.1. The average Bonchev–Trinajstić information content (AvgIpc) is 2.52. The lowest BCUT2D eigenvalue weighted by Gasteiger charge is -2.28. The molecule has 0 aromatic heterocycles. The Balaban J connectivity index is 1.90. The number of nitrogens with two attached hydrogens (primary N) is 1. The second-order valence-corrected chi connectivity index (χ2v) is 5.26. The van der Waals surface area contributed by atoms with Crippen LogP contribution in [-0.2, 0) is 11.2 Å². The molecule has 1 amide bonds. The molecular weight excluding hydrogens is 260 g/mol. The van der Waals surface area contributed by atoms with Gasteiger partial charge in [0, 0.05) is 11.8 Å². The number of para-hydroxylation sites is 1. The fourth-order valence-electron chi connectivity index (χ4n) is 2.82. The molecule has 21 heavy (non-hydrogen) atoms. The van der Waals surface area contributed by atoms with Crippen molar-refractivity contribution in [3.05, 3.63) is 71.3 Å². The van der Waals surface area contributed by atoms with Crippen molar-refractivity contribution in [3.8, 4) is 0 Å². The Hall–Kier alpha value is -2.55. The number of hydrogen-bond acceptors (Lipinski definition) is 2. The summed E-state index contributed by atoms with van der Waals surface area (Å²) in [5.74, 6) is -0.424. The Morgan fingerprint density at radius 1 is 1.14 bits per heavy atom. The number of carbonyl (C=O) groups is 1. The van der Waals surface area contributed by atoms with Crippen LogP contribution in [-0.4, -0.2) is 5.91 Å². The summed E-state index contributed by atoms with van der Waals surface area (Å²) in [6.45, 7) is 0. The average molecular weight is 278 g/mol. The molecule has 1 heterocycles. The molecule has 3 heteroatoms. The van der Waals surface area contributed by atoms with Gasteiger partial charge in [-0.2, -0.15) is 0 Å². The van der Waals surface area contributed by atoms with E-state index in [-0.39, 0.29) is 6.04 Å². The summed E-state index contributed by atoms with van der Waals surface area (Å²) in [7, 11) is 0. The second kappa shape index (κ2) is 5.83. The van der Waals surface area contributed by atoms with Crippen molar-refractivity contribution in [3.63, 3.8) is 0 Å². The Morgan fingerprint density at radius 2 is 1.90 bits per heavy atom. The molecule has 3 nitrogen and oxygen atoms in total. The maximum Gasteiger partial charge on any atom is 0.241 e. The number of primary amides is 1. The summed E-state index contributed by atoms with van der Waals surface area (Å²) in [4.78, 5) is 10.9. The number of benzene rings is 2. The highest BCUT2D eigenvalue weighted by Crippen LogP contribution is 2.33. The van der Waals surface area contributed by atoms with E-state index in [2.05, 4.69) is 29.6 Å². The first-order valence-corrected chi connectivity index (χ1v) is 7.15. The van der Waals surface area contributed by atoms with Crippen molar-refractivity contribution in [2.45, 2.75) is 18.9 Å². The first-order valence-electron chi connectivity index (χ1n) is 7.15. The van der Waals surface area contributed by atoms with E-state index >= 15 is 0 Å². The molecule has 2 aromatic carbocycles. The maximum atomic E-state index is 10.9. The van der Waals surface area contributed by atoms with Gasteiger partial charge >= 0.3 is 0 Å². The first-order chi connectivity index (χ1) is 10.2. The third kappa shape index (κ3) is 2.97. The Bertz CT molecular complexity index is 691. The van der Waals surface area contributed by atoms with Gasteiger partial charge in [-0.25, -0.2) is 0 Å². The van der Waals surface area contributed by atoms with Crippen LogP contribution in [0.5, 0.6) is 0 Å². The van der Waals surface area contributed by atoms with Gasteiger partial charge in [0.1, 0.15) is 0 Å². The van der Waals surface area contributed by atoms with Gasteiger partial charge in [0.2, 0.25) is 5.91 Å². The normalized spacial score (nSPS) is 17.2. The van der Waals surface area contributed by atoms with Crippen molar-refractivity contribution >= 4 is 17.7 Å². The van der Waals surface area contributed by atoms with Gasteiger partial charge in [-0.3, -0.25) is 4.79 Å². The number of fused-ring (bicyclic) bond motifs is 1. The van der Waals surface area contributed by atoms with E-state index in [4.69, 9.17) is 5.73 Å². The number of nitrogens with one attached hydrogen (secondary N) is 1. The number of hydrogen-bond donors (Lipinski definition) is 2. The molecule has 0 spiro atoms. The second-order valence-electron chi connectivity index (χ2n) is 5.26. The van der Waals surface area contributed by atoms with Crippen LogP contribution in [0.2, 0.25) is 0 Å². The SMILES string of the molecule is NC(=O)C=Cc1ccccc1C1CCc2ccccc2N1. The topological polar surface area (TPSA) is 55.1 Å². The smallest absolute Gasteiger partial charge is 0.241 e. The minimum atomic E-state index is -0.424. The van der Waals surface area contributed by atoms with Crippen molar-refractivity contribution in [1.29, 1.82) is 0 Å². The van der Waals surface area contributed by atoms with Crippen LogP contribution in [0.25, 0.3) is 6.08 Å². The number of amides is 1. The molecule has 2 aromatic rings. The van der Waals surface area contributed by atoms with E-state index in [9.17, 15) is 4.79 Å². The molecule has 0 aliphatic carbocycles. The van der Waals surface area contributed by atoms with Crippen LogP contribution in [0.15, 0.2) is 54.6 Å². The van der Waals surface area contributed by atoms with E-state index < -0.39 is 5.91 Å². The molecule has 0 saturated carbocycles. The highest BCUT2D eigenvalue weighted by Gasteiger charge is 2.20. The van der Waals surface area contributed by atoms with E-state index in [0.29, 0.717) is 0 Å². The van der Waals surface area contributed by atoms with Crippen molar-refractivity contribution in [1.82, 2.24) is 0 Å². The zero-order valence-corrected chi connectivity index (χ0v) is 11.8. The van der Waals surface area contributed by atoms with Gasteiger partial charge in [0.05, 0.1) is 6.04 Å². The lowest BCUT2D eigenvalue weighted by molar-refractivity contribution is -0.113. The highest BCUT2D eigenvalue weighted by molar-refractivity contribution is 5.90. The molecule has 1 aliphatic rings. The summed E-state index contributed by atoms with van der Waals surface area (Å²) in [5, 5.41) is 3.59. The zero-order valence-electron chi connectivity index (χ0n) is 11.8. The minimum Gasteiger partial charge on any atom is -0.378 e. The van der Waals surface area contributed by atoms with Gasteiger partial charge < -0.3 is 11.1 Å². The van der Waals surface area contributed by atoms with Crippen LogP contribution < -0.4 is 11.1 Å². The van der Waals surface area contributed by atoms with Gasteiger partial charge in [0.25, 0.3) is 0 Å². The summed E-state index contributed by atoms with van der Waals surface area (Å²) < 4.78 is 0. The third-order valence-electron chi connectivity index (χ3n) is 3.85. The maximum absolute atomic E-state index is 10.9. The number of carbonyl (C=O) groups excluding carboxylic acids is 1. The predicted octanol–water partition coefficient (Wildman–Crippen LogP) is 3.28. The third-order valence-corrected chi connectivity index (χ3v) is 3.85. The number of rotatable bonds is 3. The molecule has 0 radical (unpaired) electrons. The molecule has 0 saturated heterocycles. The quantitative estimate of drug-likeness (QED) is 0.846. The molecule has 3 rings (SSSR count). The van der Waals surface area contributed by atoms with E-state index in [1.807, 2.05) is 24.3 Å². The van der Waals surface area contributed by atoms with Gasteiger partial charge in [-0.05, 0) is 41.7 Å². The van der Waals surface area contributed by atoms with E-state index in [1.165, 1.54) is 22.9 Å². The monoisotopic (exact) mass is 278 g/mol. The fraction of sp³-hybridized carbons (Fsp3) is 0.167. The van der Waals surface area contributed by atoms with E-state index in [1.54, 1.807) is 6.08 Å². The fourth-order valence-corrected chi connectivity index (χ4v) is 2.82. The summed E-state index contributed by atoms with van der Waals surface area (Å²) in [5.41, 5.74) is 9.98. The number of anilines is 1. The van der Waals surface area contributed by atoms with Gasteiger partial charge in [-0.15, -0.1) is 0 Å². The van der Waals surface area contributed by atoms with E-state index in [0.717, 1.165) is 18.4 Å². The van der Waals surface area contributed by atoms with Crippen molar-refractivity contribution < 1.29 is 4.79 Å². The summed E-state index contributed by atoms with van der Waals surface area (Å²) >= 11 is 0. The lowest BCUT2D eigenvalue weighted by atomic mass is 9.91. The standard InChI is InChI=1S/C18H18N2O/c19-18(21)12-10-13-5-1-3-7-15(13)17-11-9-14-6-2-4-8-16(14)20-17/h1-8,10,12,17,20H,9,11H2,(H2,19,21). The van der Waals surface area contributed by atoms with Crippen LogP contribution in [0.3, 0.4) is 0 Å².